The Bertz CT molecular complexity index is 1010. The monoisotopic (exact) mass is 366 g/mol. The first kappa shape index (κ1) is 17.3. The van der Waals surface area contributed by atoms with Crippen LogP contribution in [0.25, 0.3) is 0 Å². The normalized spacial score (nSPS) is 20.2. The van der Waals surface area contributed by atoms with E-state index in [-0.39, 0.29) is 39.5 Å². The van der Waals surface area contributed by atoms with Gasteiger partial charge in [-0.05, 0) is 37.0 Å². The third-order valence-electron chi connectivity index (χ3n) is 5.44. The average Bonchev–Trinajstić information content (AvgIpc) is 2.70. The van der Waals surface area contributed by atoms with Crippen molar-refractivity contribution in [1.29, 1.82) is 0 Å². The molecule has 0 saturated carbocycles. The van der Waals surface area contributed by atoms with Crippen LogP contribution in [-0.2, 0) is 11.2 Å². The fraction of sp³-hybridized carbons (Fsp3) is 0.286. The van der Waals surface area contributed by atoms with Crippen LogP contribution < -0.4 is 9.47 Å². The average molecular weight is 366 g/mol. The number of phenolic OH excluding ortho intramolecular Hbond substituents is 1. The Labute approximate surface area is 155 Å². The van der Waals surface area contributed by atoms with Crippen molar-refractivity contribution >= 4 is 17.9 Å². The molecule has 1 unspecified atom stereocenters. The SMILES string of the molecule is CCC1(C=O)CCc2cc(O)c3c(c2O1)C(=O)c1c(OC)cccc1C3=O. The van der Waals surface area contributed by atoms with Gasteiger partial charge in [0.15, 0.2) is 17.7 Å². The van der Waals surface area contributed by atoms with E-state index in [9.17, 15) is 19.5 Å². The van der Waals surface area contributed by atoms with Gasteiger partial charge in [0, 0.05) is 5.56 Å². The summed E-state index contributed by atoms with van der Waals surface area (Å²) in [6.45, 7) is 1.83. The first-order valence-corrected chi connectivity index (χ1v) is 8.77. The van der Waals surface area contributed by atoms with Crippen LogP contribution in [0.2, 0.25) is 0 Å². The molecule has 0 amide bonds. The van der Waals surface area contributed by atoms with Gasteiger partial charge in [-0.15, -0.1) is 0 Å². The van der Waals surface area contributed by atoms with E-state index in [0.29, 0.717) is 24.8 Å². The zero-order valence-corrected chi connectivity index (χ0v) is 15.0. The highest BCUT2D eigenvalue weighted by Crippen LogP contribution is 2.46. The molecule has 0 bridgehead atoms. The maximum Gasteiger partial charge on any atom is 0.202 e. The molecule has 2 aromatic rings. The lowest BCUT2D eigenvalue weighted by Gasteiger charge is -2.36. The quantitative estimate of drug-likeness (QED) is 0.717. The molecule has 27 heavy (non-hydrogen) atoms. The second kappa shape index (κ2) is 5.94. The van der Waals surface area contributed by atoms with Crippen LogP contribution in [0.4, 0.5) is 0 Å². The van der Waals surface area contributed by atoms with E-state index in [2.05, 4.69) is 0 Å². The van der Waals surface area contributed by atoms with Crippen molar-refractivity contribution in [2.75, 3.05) is 7.11 Å². The zero-order valence-electron chi connectivity index (χ0n) is 15.0. The molecule has 1 aliphatic carbocycles. The van der Waals surface area contributed by atoms with Crippen molar-refractivity contribution in [3.63, 3.8) is 0 Å². The van der Waals surface area contributed by atoms with Crippen molar-refractivity contribution in [3.05, 3.63) is 52.1 Å². The van der Waals surface area contributed by atoms with Crippen molar-refractivity contribution in [2.45, 2.75) is 31.8 Å². The van der Waals surface area contributed by atoms with Gasteiger partial charge in [0.1, 0.15) is 17.2 Å². The van der Waals surface area contributed by atoms with E-state index in [1.54, 1.807) is 12.1 Å². The number of ether oxygens (including phenoxy) is 2. The number of aldehydes is 1. The summed E-state index contributed by atoms with van der Waals surface area (Å²) in [5, 5.41) is 10.5. The van der Waals surface area contributed by atoms with Crippen LogP contribution in [0.1, 0.15) is 57.2 Å². The van der Waals surface area contributed by atoms with Crippen LogP contribution in [0.3, 0.4) is 0 Å². The number of hydrogen-bond donors (Lipinski definition) is 1. The molecule has 0 aromatic heterocycles. The molecular weight excluding hydrogens is 348 g/mol. The standard InChI is InChI=1S/C21H18O6/c1-3-21(10-22)8-7-11-9-13(23)16-17(20(11)27-21)19(25)15-12(18(16)24)5-4-6-14(15)26-2/h4-6,9-10,23H,3,7-8H2,1-2H3. The molecule has 0 radical (unpaired) electrons. The Morgan fingerprint density at radius 3 is 2.67 bits per heavy atom. The van der Waals surface area contributed by atoms with E-state index >= 15 is 0 Å². The number of methoxy groups -OCH3 is 1. The van der Waals surface area contributed by atoms with Gasteiger partial charge in [0.05, 0.1) is 23.8 Å². The van der Waals surface area contributed by atoms with E-state index in [1.165, 1.54) is 19.2 Å². The fourth-order valence-corrected chi connectivity index (χ4v) is 3.85. The molecule has 0 spiro atoms. The van der Waals surface area contributed by atoms with Crippen LogP contribution in [0.5, 0.6) is 17.2 Å². The minimum absolute atomic E-state index is 0.00590. The summed E-state index contributed by atoms with van der Waals surface area (Å²) in [4.78, 5) is 38.0. The molecule has 6 nitrogen and oxygen atoms in total. The van der Waals surface area contributed by atoms with E-state index in [0.717, 1.165) is 6.29 Å². The van der Waals surface area contributed by atoms with Crippen LogP contribution in [0, 0.1) is 0 Å². The molecular formula is C21H18O6. The minimum Gasteiger partial charge on any atom is -0.507 e. The molecule has 0 fully saturated rings. The number of benzene rings is 2. The largest absolute Gasteiger partial charge is 0.507 e. The van der Waals surface area contributed by atoms with Gasteiger partial charge in [-0.25, -0.2) is 0 Å². The van der Waals surface area contributed by atoms with Crippen molar-refractivity contribution in [3.8, 4) is 17.2 Å². The Morgan fingerprint density at radius 1 is 1.22 bits per heavy atom. The summed E-state index contributed by atoms with van der Waals surface area (Å²) in [6, 6.07) is 6.21. The van der Waals surface area contributed by atoms with Gasteiger partial charge < -0.3 is 14.6 Å². The topological polar surface area (TPSA) is 89.9 Å². The predicted octanol–water partition coefficient (Wildman–Crippen LogP) is 2.85. The molecule has 1 heterocycles. The Balaban J connectivity index is 2.01. The second-order valence-corrected chi connectivity index (χ2v) is 6.81. The Hall–Kier alpha value is -3.15. The van der Waals surface area contributed by atoms with Gasteiger partial charge in [0.2, 0.25) is 5.78 Å². The molecule has 0 saturated heterocycles. The highest BCUT2D eigenvalue weighted by molar-refractivity contribution is 6.31. The van der Waals surface area contributed by atoms with E-state index in [4.69, 9.17) is 9.47 Å². The van der Waals surface area contributed by atoms with Crippen LogP contribution >= 0.6 is 0 Å². The van der Waals surface area contributed by atoms with Crippen molar-refractivity contribution < 1.29 is 29.0 Å². The number of aryl methyl sites for hydroxylation is 1. The van der Waals surface area contributed by atoms with E-state index in [1.807, 2.05) is 6.92 Å². The van der Waals surface area contributed by atoms with Crippen LogP contribution in [-0.4, -0.2) is 35.7 Å². The van der Waals surface area contributed by atoms with Crippen molar-refractivity contribution in [1.82, 2.24) is 0 Å². The highest BCUT2D eigenvalue weighted by Gasteiger charge is 2.42. The molecule has 6 heteroatoms. The number of carbonyl (C=O) groups excluding carboxylic acids is 3. The van der Waals surface area contributed by atoms with Gasteiger partial charge in [0.25, 0.3) is 0 Å². The molecule has 1 N–H and O–H groups in total. The summed E-state index contributed by atoms with van der Waals surface area (Å²) in [5.41, 5.74) is -0.189. The maximum absolute atomic E-state index is 13.3. The molecule has 2 aliphatic rings. The van der Waals surface area contributed by atoms with Gasteiger partial charge in [-0.2, -0.15) is 0 Å². The molecule has 1 aliphatic heterocycles. The summed E-state index contributed by atoms with van der Waals surface area (Å²) >= 11 is 0. The third kappa shape index (κ3) is 2.29. The summed E-state index contributed by atoms with van der Waals surface area (Å²) < 4.78 is 11.3. The summed E-state index contributed by atoms with van der Waals surface area (Å²) in [6.07, 6.45) is 2.09. The fourth-order valence-electron chi connectivity index (χ4n) is 3.85. The number of ketones is 2. The van der Waals surface area contributed by atoms with Crippen molar-refractivity contribution in [2.24, 2.45) is 0 Å². The van der Waals surface area contributed by atoms with Gasteiger partial charge in [-0.3, -0.25) is 14.4 Å². The third-order valence-corrected chi connectivity index (χ3v) is 5.44. The Kier molecular flexibility index (Phi) is 3.80. The number of phenols is 1. The Morgan fingerprint density at radius 2 is 2.00 bits per heavy atom. The number of fused-ring (bicyclic) bond motifs is 4. The molecule has 1 atom stereocenters. The number of aromatic hydroxyl groups is 1. The summed E-state index contributed by atoms with van der Waals surface area (Å²) in [5.74, 6) is -0.697. The van der Waals surface area contributed by atoms with Crippen LogP contribution in [0.15, 0.2) is 24.3 Å². The zero-order chi connectivity index (χ0) is 19.3. The number of carbonyl (C=O) groups is 3. The second-order valence-electron chi connectivity index (χ2n) is 6.81. The lowest BCUT2D eigenvalue weighted by atomic mass is 9.79. The number of rotatable bonds is 3. The minimum atomic E-state index is -1.04. The first-order valence-electron chi connectivity index (χ1n) is 8.77. The number of hydrogen-bond acceptors (Lipinski definition) is 6. The smallest absolute Gasteiger partial charge is 0.202 e. The molecule has 4 rings (SSSR count). The lowest BCUT2D eigenvalue weighted by Crippen LogP contribution is -2.41. The van der Waals surface area contributed by atoms with E-state index < -0.39 is 17.2 Å². The maximum atomic E-state index is 13.3. The molecule has 138 valence electrons. The summed E-state index contributed by atoms with van der Waals surface area (Å²) in [7, 11) is 1.42. The predicted molar refractivity (Wildman–Crippen MR) is 96.0 cm³/mol. The highest BCUT2D eigenvalue weighted by atomic mass is 16.5. The molecule has 2 aromatic carbocycles. The van der Waals surface area contributed by atoms with Gasteiger partial charge in [-0.1, -0.05) is 19.1 Å². The van der Waals surface area contributed by atoms with Gasteiger partial charge >= 0.3 is 0 Å². The lowest BCUT2D eigenvalue weighted by molar-refractivity contribution is -0.123. The first-order chi connectivity index (χ1) is 13.0.